The second-order valence-electron chi connectivity index (χ2n) is 10.1. The standard InChI is InChI=1S/C25H31NO4S/c1-17-9-11-20(12-10-17)31(28,29)26-21-15-19-13-14-25(21,24(19,2)3)16-30-23(26)22(27)18-7-5-4-6-8-18/h4-12,19,21-23,27H,13-16H2,1-3H3/t19-,21-,22+,23+,25-/m1/s1. The van der Waals surface area contributed by atoms with E-state index in [0.29, 0.717) is 18.1 Å². The molecule has 1 saturated heterocycles. The van der Waals surface area contributed by atoms with Crippen molar-refractivity contribution in [1.82, 2.24) is 4.31 Å². The number of aryl methyl sites for hydroxylation is 1. The quantitative estimate of drug-likeness (QED) is 0.769. The summed E-state index contributed by atoms with van der Waals surface area (Å²) in [6, 6.07) is 16.0. The van der Waals surface area contributed by atoms with Crippen LogP contribution in [0.25, 0.3) is 0 Å². The highest BCUT2D eigenvalue weighted by Gasteiger charge is 2.69. The molecule has 1 aliphatic heterocycles. The first kappa shape index (κ1) is 21.1. The molecular weight excluding hydrogens is 410 g/mol. The highest BCUT2D eigenvalue weighted by atomic mass is 32.2. The van der Waals surface area contributed by atoms with Crippen LogP contribution in [0.1, 0.15) is 50.3 Å². The number of aliphatic hydroxyl groups is 1. The van der Waals surface area contributed by atoms with Gasteiger partial charge in [0.2, 0.25) is 10.0 Å². The number of hydrogen-bond donors (Lipinski definition) is 1. The van der Waals surface area contributed by atoms with E-state index >= 15 is 0 Å². The third kappa shape index (κ3) is 2.95. The molecule has 0 unspecified atom stereocenters. The zero-order valence-corrected chi connectivity index (χ0v) is 19.2. The number of hydrogen-bond acceptors (Lipinski definition) is 4. The molecule has 2 saturated carbocycles. The average Bonchev–Trinajstić information content (AvgIpc) is 3.14. The van der Waals surface area contributed by atoms with E-state index in [-0.39, 0.29) is 21.8 Å². The molecule has 6 heteroatoms. The minimum absolute atomic E-state index is 0.00137. The zero-order valence-electron chi connectivity index (χ0n) is 18.4. The van der Waals surface area contributed by atoms with Gasteiger partial charge in [-0.15, -0.1) is 0 Å². The van der Waals surface area contributed by atoms with Crippen molar-refractivity contribution in [2.45, 2.75) is 63.3 Å². The Morgan fingerprint density at radius 1 is 1.10 bits per heavy atom. The lowest BCUT2D eigenvalue weighted by Crippen LogP contribution is -2.63. The van der Waals surface area contributed by atoms with Crippen molar-refractivity contribution in [3.63, 3.8) is 0 Å². The predicted octanol–water partition coefficient (Wildman–Crippen LogP) is 4.27. The maximum Gasteiger partial charge on any atom is 0.245 e. The van der Waals surface area contributed by atoms with Gasteiger partial charge < -0.3 is 9.84 Å². The van der Waals surface area contributed by atoms with Crippen LogP contribution in [0.5, 0.6) is 0 Å². The van der Waals surface area contributed by atoms with Crippen LogP contribution in [-0.4, -0.2) is 36.7 Å². The van der Waals surface area contributed by atoms with Gasteiger partial charge in [-0.05, 0) is 55.2 Å². The fraction of sp³-hybridized carbons (Fsp3) is 0.520. The maximum absolute atomic E-state index is 14.0. The largest absolute Gasteiger partial charge is 0.384 e. The monoisotopic (exact) mass is 441 g/mol. The van der Waals surface area contributed by atoms with Crippen molar-refractivity contribution in [2.24, 2.45) is 16.7 Å². The molecule has 31 heavy (non-hydrogen) atoms. The lowest BCUT2D eigenvalue weighted by molar-refractivity contribution is -0.199. The van der Waals surface area contributed by atoms with Gasteiger partial charge in [-0.25, -0.2) is 8.42 Å². The Labute approximate surface area is 185 Å². The lowest BCUT2D eigenvalue weighted by Gasteiger charge is -2.53. The number of rotatable bonds is 4. The van der Waals surface area contributed by atoms with Gasteiger partial charge in [0.25, 0.3) is 0 Å². The van der Waals surface area contributed by atoms with Gasteiger partial charge in [-0.1, -0.05) is 61.9 Å². The number of ether oxygens (including phenoxy) is 1. The van der Waals surface area contributed by atoms with Gasteiger partial charge in [-0.3, -0.25) is 0 Å². The Bertz CT molecular complexity index is 1070. The molecule has 2 aromatic carbocycles. The van der Waals surface area contributed by atoms with Crippen LogP contribution in [0.2, 0.25) is 0 Å². The molecule has 2 aliphatic carbocycles. The van der Waals surface area contributed by atoms with Crippen LogP contribution in [0.3, 0.4) is 0 Å². The fourth-order valence-electron chi connectivity index (χ4n) is 6.39. The molecule has 3 fully saturated rings. The van der Waals surface area contributed by atoms with Crippen molar-refractivity contribution in [1.29, 1.82) is 0 Å². The predicted molar refractivity (Wildman–Crippen MR) is 119 cm³/mol. The summed E-state index contributed by atoms with van der Waals surface area (Å²) in [6.45, 7) is 6.95. The van der Waals surface area contributed by atoms with Gasteiger partial charge in [0.05, 0.1) is 11.5 Å². The lowest BCUT2D eigenvalue weighted by atomic mass is 9.67. The summed E-state index contributed by atoms with van der Waals surface area (Å²) in [5, 5.41) is 11.3. The van der Waals surface area contributed by atoms with Gasteiger partial charge in [-0.2, -0.15) is 4.31 Å². The second kappa shape index (κ2) is 7.14. The summed E-state index contributed by atoms with van der Waals surface area (Å²) in [6.07, 6.45) is 0.889. The molecule has 1 heterocycles. The molecule has 0 amide bonds. The first-order chi connectivity index (χ1) is 14.7. The third-order valence-electron chi connectivity index (χ3n) is 8.47. The molecule has 166 valence electrons. The number of nitrogens with zero attached hydrogens (tertiary/aromatic N) is 1. The fourth-order valence-corrected chi connectivity index (χ4v) is 8.19. The molecule has 5 nitrogen and oxygen atoms in total. The number of fused-ring (bicyclic) bond motifs is 1. The summed E-state index contributed by atoms with van der Waals surface area (Å²) in [7, 11) is -3.86. The third-order valence-corrected chi connectivity index (χ3v) is 10.4. The minimum atomic E-state index is -3.86. The van der Waals surface area contributed by atoms with Crippen LogP contribution in [0.15, 0.2) is 59.5 Å². The Kier molecular flexibility index (Phi) is 4.87. The van der Waals surface area contributed by atoms with Crippen LogP contribution in [-0.2, 0) is 14.8 Å². The molecule has 0 aromatic heterocycles. The number of benzene rings is 2. The SMILES string of the molecule is Cc1ccc(S(=O)(=O)N2[C@H]([C@@H](O)c3ccccc3)OC[C@]34CC[C@H](C[C@@H]23)C4(C)C)cc1. The normalized spacial score (nSPS) is 33.2. The topological polar surface area (TPSA) is 66.8 Å². The highest BCUT2D eigenvalue weighted by Crippen LogP contribution is 2.69. The average molecular weight is 442 g/mol. The molecule has 2 aromatic rings. The van der Waals surface area contributed by atoms with Gasteiger partial charge in [0, 0.05) is 11.5 Å². The molecule has 5 rings (SSSR count). The summed E-state index contributed by atoms with van der Waals surface area (Å²) >= 11 is 0. The Hall–Kier alpha value is -1.73. The molecule has 5 atom stereocenters. The summed E-state index contributed by atoms with van der Waals surface area (Å²) < 4.78 is 35.8. The first-order valence-electron chi connectivity index (χ1n) is 11.1. The van der Waals surface area contributed by atoms with Crippen molar-refractivity contribution in [3.05, 3.63) is 65.7 Å². The molecule has 1 N–H and O–H groups in total. The maximum atomic E-state index is 14.0. The Balaban J connectivity index is 1.62. The van der Waals surface area contributed by atoms with Gasteiger partial charge in [0.1, 0.15) is 6.10 Å². The van der Waals surface area contributed by atoms with E-state index < -0.39 is 22.4 Å². The molecule has 2 bridgehead atoms. The van der Waals surface area contributed by atoms with E-state index in [2.05, 4.69) is 13.8 Å². The Morgan fingerprint density at radius 2 is 1.77 bits per heavy atom. The molecule has 1 spiro atoms. The van der Waals surface area contributed by atoms with E-state index in [4.69, 9.17) is 4.74 Å². The van der Waals surface area contributed by atoms with E-state index in [0.717, 1.165) is 24.8 Å². The van der Waals surface area contributed by atoms with Crippen molar-refractivity contribution < 1.29 is 18.3 Å². The van der Waals surface area contributed by atoms with Gasteiger partial charge in [0.15, 0.2) is 6.23 Å². The summed E-state index contributed by atoms with van der Waals surface area (Å²) in [4.78, 5) is 0.254. The van der Waals surface area contributed by atoms with E-state index in [9.17, 15) is 13.5 Å². The van der Waals surface area contributed by atoms with E-state index in [1.165, 1.54) is 4.31 Å². The summed E-state index contributed by atoms with van der Waals surface area (Å²) in [5.74, 6) is 0.462. The van der Waals surface area contributed by atoms with Crippen LogP contribution in [0.4, 0.5) is 0 Å². The molecule has 3 aliphatic rings. The van der Waals surface area contributed by atoms with Gasteiger partial charge >= 0.3 is 0 Å². The minimum Gasteiger partial charge on any atom is -0.384 e. The molecule has 0 radical (unpaired) electrons. The molecular formula is C25H31NO4S. The second-order valence-corrected chi connectivity index (χ2v) is 11.9. The first-order valence-corrected chi connectivity index (χ1v) is 12.6. The van der Waals surface area contributed by atoms with Crippen LogP contribution < -0.4 is 0 Å². The van der Waals surface area contributed by atoms with Crippen LogP contribution >= 0.6 is 0 Å². The number of sulfonamides is 1. The van der Waals surface area contributed by atoms with E-state index in [1.807, 2.05) is 49.4 Å². The smallest absolute Gasteiger partial charge is 0.245 e. The van der Waals surface area contributed by atoms with E-state index in [1.54, 1.807) is 12.1 Å². The highest BCUT2D eigenvalue weighted by molar-refractivity contribution is 7.89. The Morgan fingerprint density at radius 3 is 2.42 bits per heavy atom. The summed E-state index contributed by atoms with van der Waals surface area (Å²) in [5.41, 5.74) is 1.45. The van der Waals surface area contributed by atoms with Crippen molar-refractivity contribution >= 4 is 10.0 Å². The number of aliphatic hydroxyl groups excluding tert-OH is 1. The van der Waals surface area contributed by atoms with Crippen molar-refractivity contribution in [2.75, 3.05) is 6.61 Å². The van der Waals surface area contributed by atoms with Crippen molar-refractivity contribution in [3.8, 4) is 0 Å². The van der Waals surface area contributed by atoms with Crippen LogP contribution in [0, 0.1) is 23.7 Å². The zero-order chi connectivity index (χ0) is 22.0.